The molecule has 0 unspecified atom stereocenters. The zero-order valence-electron chi connectivity index (χ0n) is 17.1. The number of nitrogens with one attached hydrogen (secondary N) is 1. The SMILES string of the molecule is O=C(CCC1CCNCC1)c1ccc2c(c1)CCN(Cc1ccc(F)cc1)CC2. The zero-order valence-corrected chi connectivity index (χ0v) is 17.1. The third-order valence-electron chi connectivity index (χ3n) is 6.48. The van der Waals surface area contributed by atoms with E-state index in [0.717, 1.165) is 63.1 Å². The van der Waals surface area contributed by atoms with Gasteiger partial charge in [-0.3, -0.25) is 9.69 Å². The molecule has 2 aromatic carbocycles. The van der Waals surface area contributed by atoms with Crippen molar-refractivity contribution in [3.63, 3.8) is 0 Å². The Morgan fingerprint density at radius 3 is 2.48 bits per heavy atom. The summed E-state index contributed by atoms with van der Waals surface area (Å²) in [6.07, 6.45) is 6.04. The van der Waals surface area contributed by atoms with Gasteiger partial charge in [0.05, 0.1) is 0 Å². The second kappa shape index (κ2) is 9.64. The summed E-state index contributed by atoms with van der Waals surface area (Å²) in [6.45, 7) is 4.99. The van der Waals surface area contributed by atoms with E-state index in [1.54, 1.807) is 0 Å². The maximum Gasteiger partial charge on any atom is 0.162 e. The molecule has 1 fully saturated rings. The number of ketones is 1. The van der Waals surface area contributed by atoms with Crippen LogP contribution in [0.3, 0.4) is 0 Å². The Morgan fingerprint density at radius 2 is 1.72 bits per heavy atom. The van der Waals surface area contributed by atoms with Crippen molar-refractivity contribution in [1.82, 2.24) is 10.2 Å². The van der Waals surface area contributed by atoms with E-state index >= 15 is 0 Å². The quantitative estimate of drug-likeness (QED) is 0.738. The fourth-order valence-electron chi connectivity index (χ4n) is 4.60. The summed E-state index contributed by atoms with van der Waals surface area (Å²) in [5.74, 6) is 0.800. The molecule has 0 aromatic heterocycles. The third kappa shape index (κ3) is 5.52. The van der Waals surface area contributed by atoms with E-state index in [0.29, 0.717) is 18.1 Å². The van der Waals surface area contributed by atoms with E-state index in [2.05, 4.69) is 22.3 Å². The van der Waals surface area contributed by atoms with Gasteiger partial charge in [-0.05, 0) is 86.0 Å². The van der Waals surface area contributed by atoms with Crippen molar-refractivity contribution in [2.75, 3.05) is 26.2 Å². The van der Waals surface area contributed by atoms with Gasteiger partial charge in [-0.1, -0.05) is 24.3 Å². The summed E-state index contributed by atoms with van der Waals surface area (Å²) in [5.41, 5.74) is 4.71. The van der Waals surface area contributed by atoms with Crippen LogP contribution in [-0.2, 0) is 19.4 Å². The molecule has 29 heavy (non-hydrogen) atoms. The van der Waals surface area contributed by atoms with Crippen molar-refractivity contribution in [3.05, 3.63) is 70.5 Å². The van der Waals surface area contributed by atoms with Gasteiger partial charge in [0.15, 0.2) is 5.78 Å². The average Bonchev–Trinajstić information content (AvgIpc) is 2.96. The number of piperidine rings is 1. The van der Waals surface area contributed by atoms with Crippen LogP contribution in [0, 0.1) is 11.7 Å². The van der Waals surface area contributed by atoms with Gasteiger partial charge in [0.25, 0.3) is 0 Å². The van der Waals surface area contributed by atoms with E-state index < -0.39 is 0 Å². The lowest BCUT2D eigenvalue weighted by atomic mass is 9.90. The second-order valence-corrected chi connectivity index (χ2v) is 8.54. The minimum Gasteiger partial charge on any atom is -0.317 e. The van der Waals surface area contributed by atoms with Crippen LogP contribution in [0.2, 0.25) is 0 Å². The number of benzene rings is 2. The van der Waals surface area contributed by atoms with Crippen LogP contribution in [0.1, 0.15) is 52.7 Å². The van der Waals surface area contributed by atoms with E-state index in [1.165, 1.54) is 36.1 Å². The monoisotopic (exact) mass is 394 g/mol. The number of Topliss-reactive ketones (excluding diaryl/α,β-unsaturated/α-hetero) is 1. The molecule has 1 N–H and O–H groups in total. The third-order valence-corrected chi connectivity index (χ3v) is 6.48. The maximum atomic E-state index is 13.1. The number of nitrogens with zero attached hydrogens (tertiary/aromatic N) is 1. The van der Waals surface area contributed by atoms with Crippen LogP contribution >= 0.6 is 0 Å². The van der Waals surface area contributed by atoms with Gasteiger partial charge in [-0.15, -0.1) is 0 Å². The number of rotatable bonds is 6. The van der Waals surface area contributed by atoms with Gasteiger partial charge in [-0.25, -0.2) is 4.39 Å². The Balaban J connectivity index is 1.34. The highest BCUT2D eigenvalue weighted by Crippen LogP contribution is 2.23. The summed E-state index contributed by atoms with van der Waals surface area (Å²) in [7, 11) is 0. The maximum absolute atomic E-state index is 13.1. The lowest BCUT2D eigenvalue weighted by Gasteiger charge is -2.22. The molecular formula is C25H31FN2O. The molecule has 2 aliphatic rings. The minimum absolute atomic E-state index is 0.186. The summed E-state index contributed by atoms with van der Waals surface area (Å²) in [4.78, 5) is 15.2. The van der Waals surface area contributed by atoms with Crippen LogP contribution in [-0.4, -0.2) is 36.9 Å². The first-order valence-electron chi connectivity index (χ1n) is 11.0. The van der Waals surface area contributed by atoms with E-state index in [-0.39, 0.29) is 5.82 Å². The molecule has 2 heterocycles. The van der Waals surface area contributed by atoms with Crippen LogP contribution in [0.25, 0.3) is 0 Å². The topological polar surface area (TPSA) is 32.3 Å². The molecule has 0 amide bonds. The van der Waals surface area contributed by atoms with Crippen LogP contribution in [0.5, 0.6) is 0 Å². The summed E-state index contributed by atoms with van der Waals surface area (Å²) in [6, 6.07) is 13.1. The second-order valence-electron chi connectivity index (χ2n) is 8.54. The molecule has 0 saturated carbocycles. The molecule has 0 bridgehead atoms. The smallest absolute Gasteiger partial charge is 0.162 e. The normalized spacial score (nSPS) is 18.2. The first-order chi connectivity index (χ1) is 14.2. The van der Waals surface area contributed by atoms with Gasteiger partial charge in [-0.2, -0.15) is 0 Å². The van der Waals surface area contributed by atoms with Crippen LogP contribution in [0.4, 0.5) is 4.39 Å². The number of hydrogen-bond acceptors (Lipinski definition) is 3. The molecule has 4 heteroatoms. The number of hydrogen-bond donors (Lipinski definition) is 1. The Labute approximate surface area is 173 Å². The van der Waals surface area contributed by atoms with E-state index in [9.17, 15) is 9.18 Å². The number of halogens is 1. The molecule has 4 rings (SSSR count). The van der Waals surface area contributed by atoms with Crippen molar-refractivity contribution in [3.8, 4) is 0 Å². The average molecular weight is 395 g/mol. The lowest BCUT2D eigenvalue weighted by Crippen LogP contribution is -2.28. The molecule has 2 aliphatic heterocycles. The first-order valence-corrected chi connectivity index (χ1v) is 11.0. The van der Waals surface area contributed by atoms with E-state index in [4.69, 9.17) is 0 Å². The van der Waals surface area contributed by atoms with Crippen molar-refractivity contribution < 1.29 is 9.18 Å². The predicted octanol–water partition coefficient (Wildman–Crippen LogP) is 4.39. The van der Waals surface area contributed by atoms with Gasteiger partial charge in [0.1, 0.15) is 5.82 Å². The summed E-state index contributed by atoms with van der Waals surface area (Å²) >= 11 is 0. The molecule has 0 spiro atoms. The molecule has 0 aliphatic carbocycles. The molecule has 1 saturated heterocycles. The minimum atomic E-state index is -0.186. The number of carbonyl (C=O) groups is 1. The largest absolute Gasteiger partial charge is 0.317 e. The van der Waals surface area contributed by atoms with Gasteiger partial charge in [0, 0.05) is 31.6 Å². The molecule has 154 valence electrons. The van der Waals surface area contributed by atoms with Crippen molar-refractivity contribution in [2.45, 2.75) is 45.1 Å². The van der Waals surface area contributed by atoms with Crippen molar-refractivity contribution in [1.29, 1.82) is 0 Å². The number of carbonyl (C=O) groups excluding carboxylic acids is 1. The zero-order chi connectivity index (χ0) is 20.1. The molecule has 0 atom stereocenters. The van der Waals surface area contributed by atoms with Gasteiger partial charge >= 0.3 is 0 Å². The predicted molar refractivity (Wildman–Crippen MR) is 115 cm³/mol. The molecule has 3 nitrogen and oxygen atoms in total. The number of fused-ring (bicyclic) bond motifs is 1. The van der Waals surface area contributed by atoms with Gasteiger partial charge < -0.3 is 5.32 Å². The Kier molecular flexibility index (Phi) is 6.73. The van der Waals surface area contributed by atoms with Gasteiger partial charge in [0.2, 0.25) is 0 Å². The highest BCUT2D eigenvalue weighted by molar-refractivity contribution is 5.96. The highest BCUT2D eigenvalue weighted by Gasteiger charge is 2.18. The fraction of sp³-hybridized carbons (Fsp3) is 0.480. The standard InChI is InChI=1S/C25H31FN2O/c26-24-6-1-20(2-7-24)18-28-15-11-21-4-5-23(17-22(21)12-16-28)25(29)8-3-19-9-13-27-14-10-19/h1-2,4-7,17,19,27H,3,8-16,18H2. The highest BCUT2D eigenvalue weighted by atomic mass is 19.1. The fourth-order valence-corrected chi connectivity index (χ4v) is 4.60. The molecule has 0 radical (unpaired) electrons. The van der Waals surface area contributed by atoms with Crippen LogP contribution < -0.4 is 5.32 Å². The molecular weight excluding hydrogens is 363 g/mol. The Bertz CT molecular complexity index is 827. The lowest BCUT2D eigenvalue weighted by molar-refractivity contribution is 0.0970. The Hall–Kier alpha value is -2.04. The van der Waals surface area contributed by atoms with Crippen molar-refractivity contribution in [2.24, 2.45) is 5.92 Å². The summed E-state index contributed by atoms with van der Waals surface area (Å²) in [5, 5.41) is 3.39. The Morgan fingerprint density at radius 1 is 1.00 bits per heavy atom. The molecule has 2 aromatic rings. The van der Waals surface area contributed by atoms with Crippen molar-refractivity contribution >= 4 is 5.78 Å². The summed E-state index contributed by atoms with van der Waals surface area (Å²) < 4.78 is 13.1. The van der Waals surface area contributed by atoms with E-state index in [1.807, 2.05) is 18.2 Å². The first kappa shape index (κ1) is 20.2. The van der Waals surface area contributed by atoms with Crippen LogP contribution in [0.15, 0.2) is 42.5 Å².